The van der Waals surface area contributed by atoms with Crippen LogP contribution in [0.3, 0.4) is 0 Å². The maximum atomic E-state index is 12.1. The predicted octanol–water partition coefficient (Wildman–Crippen LogP) is 4.14. The van der Waals surface area contributed by atoms with Crippen LogP contribution in [0, 0.1) is 0 Å². The topological polar surface area (TPSA) is 35.5 Å². The first kappa shape index (κ1) is 15.8. The largest absolute Gasteiger partial charge is 0.456 e. The Bertz CT molecular complexity index is 467. The van der Waals surface area contributed by atoms with Crippen molar-refractivity contribution in [3.63, 3.8) is 0 Å². The smallest absolute Gasteiger partial charge is 0.338 e. The minimum Gasteiger partial charge on any atom is -0.456 e. The lowest BCUT2D eigenvalue weighted by Gasteiger charge is -2.18. The first-order chi connectivity index (χ1) is 10.2. The average molecular weight is 288 g/mol. The van der Waals surface area contributed by atoms with Gasteiger partial charge in [0.2, 0.25) is 0 Å². The van der Waals surface area contributed by atoms with Gasteiger partial charge in [-0.1, -0.05) is 37.3 Å². The molecule has 0 unspecified atom stereocenters. The summed E-state index contributed by atoms with van der Waals surface area (Å²) in [4.78, 5) is 12.1. The van der Waals surface area contributed by atoms with E-state index < -0.39 is 0 Å². The van der Waals surface area contributed by atoms with E-state index in [9.17, 15) is 4.79 Å². The molecule has 3 heteroatoms. The van der Waals surface area contributed by atoms with Crippen molar-refractivity contribution in [1.82, 2.24) is 0 Å². The number of hydrogen-bond acceptors (Lipinski definition) is 3. The van der Waals surface area contributed by atoms with Gasteiger partial charge in [-0.15, -0.1) is 0 Å². The Morgan fingerprint density at radius 1 is 1.33 bits per heavy atom. The number of esters is 1. The third-order valence-electron chi connectivity index (χ3n) is 3.67. The molecular formula is C18H24O3. The van der Waals surface area contributed by atoms with Gasteiger partial charge >= 0.3 is 5.97 Å². The molecule has 0 N–H and O–H groups in total. The highest BCUT2D eigenvalue weighted by molar-refractivity contribution is 5.89. The van der Waals surface area contributed by atoms with Crippen molar-refractivity contribution in [2.45, 2.75) is 57.8 Å². The van der Waals surface area contributed by atoms with E-state index in [-0.39, 0.29) is 24.3 Å². The van der Waals surface area contributed by atoms with E-state index in [0.717, 1.165) is 25.7 Å². The van der Waals surface area contributed by atoms with Crippen LogP contribution in [-0.4, -0.2) is 24.3 Å². The van der Waals surface area contributed by atoms with Crippen molar-refractivity contribution in [3.8, 4) is 0 Å². The van der Waals surface area contributed by atoms with Crippen LogP contribution in [0.1, 0.15) is 49.9 Å². The lowest BCUT2D eigenvalue weighted by atomic mass is 10.1. The summed E-state index contributed by atoms with van der Waals surface area (Å²) in [6.45, 7) is 4.15. The number of carbonyl (C=O) groups excluding carboxylic acids is 1. The standard InChI is InChI=1S/C18H24O3/c1-3-4-5-9-12-16-17(13-14(2)20-16)21-18(19)15-10-7-6-8-11-15/h4-8,10-11,14,16-17H,3,9,12-13H2,1-2H3/b5-4+/t14-,16+,17+/m1/s1. The number of carbonyl (C=O) groups is 1. The molecule has 1 aliphatic heterocycles. The van der Waals surface area contributed by atoms with Crippen LogP contribution < -0.4 is 0 Å². The third kappa shape index (κ3) is 4.71. The lowest BCUT2D eigenvalue weighted by molar-refractivity contribution is -0.0114. The number of hydrogen-bond donors (Lipinski definition) is 0. The van der Waals surface area contributed by atoms with Gasteiger partial charge < -0.3 is 9.47 Å². The lowest BCUT2D eigenvalue weighted by Crippen LogP contribution is -2.27. The summed E-state index contributed by atoms with van der Waals surface area (Å²) in [6.07, 6.45) is 8.04. The van der Waals surface area contributed by atoms with E-state index in [1.807, 2.05) is 25.1 Å². The molecule has 114 valence electrons. The molecule has 1 aromatic rings. The Labute approximate surface area is 127 Å². The van der Waals surface area contributed by atoms with E-state index in [4.69, 9.17) is 9.47 Å². The molecule has 0 saturated carbocycles. The van der Waals surface area contributed by atoms with E-state index in [1.165, 1.54) is 0 Å². The second-order valence-electron chi connectivity index (χ2n) is 5.49. The van der Waals surface area contributed by atoms with E-state index in [0.29, 0.717) is 5.56 Å². The summed E-state index contributed by atoms with van der Waals surface area (Å²) < 4.78 is 11.5. The predicted molar refractivity (Wildman–Crippen MR) is 83.3 cm³/mol. The van der Waals surface area contributed by atoms with Crippen molar-refractivity contribution in [2.75, 3.05) is 0 Å². The Hall–Kier alpha value is -1.61. The number of rotatable bonds is 6. The molecule has 1 saturated heterocycles. The highest BCUT2D eigenvalue weighted by atomic mass is 16.6. The Morgan fingerprint density at radius 2 is 2.10 bits per heavy atom. The summed E-state index contributed by atoms with van der Waals surface area (Å²) in [7, 11) is 0. The third-order valence-corrected chi connectivity index (χ3v) is 3.67. The number of allylic oxidation sites excluding steroid dienone is 2. The van der Waals surface area contributed by atoms with Crippen LogP contribution in [0.15, 0.2) is 42.5 Å². The van der Waals surface area contributed by atoms with Gasteiger partial charge in [0.25, 0.3) is 0 Å². The van der Waals surface area contributed by atoms with Gasteiger partial charge in [0.1, 0.15) is 6.10 Å². The molecular weight excluding hydrogens is 264 g/mol. The minimum absolute atomic E-state index is 0.00849. The molecule has 1 aromatic carbocycles. The number of ether oxygens (including phenoxy) is 2. The molecule has 0 spiro atoms. The molecule has 2 rings (SSSR count). The van der Waals surface area contributed by atoms with Crippen LogP contribution >= 0.6 is 0 Å². The maximum Gasteiger partial charge on any atom is 0.338 e. The summed E-state index contributed by atoms with van der Waals surface area (Å²) in [6, 6.07) is 9.14. The number of benzene rings is 1. The van der Waals surface area contributed by atoms with Crippen molar-refractivity contribution in [2.24, 2.45) is 0 Å². The zero-order valence-corrected chi connectivity index (χ0v) is 12.8. The Morgan fingerprint density at radius 3 is 2.81 bits per heavy atom. The highest BCUT2D eigenvalue weighted by Crippen LogP contribution is 2.27. The fourth-order valence-corrected chi connectivity index (χ4v) is 2.62. The van der Waals surface area contributed by atoms with Crippen LogP contribution in [0.5, 0.6) is 0 Å². The molecule has 0 amide bonds. The van der Waals surface area contributed by atoms with Gasteiger partial charge in [-0.3, -0.25) is 0 Å². The zero-order chi connectivity index (χ0) is 15.1. The van der Waals surface area contributed by atoms with Gasteiger partial charge in [-0.25, -0.2) is 4.79 Å². The maximum absolute atomic E-state index is 12.1. The van der Waals surface area contributed by atoms with Crippen LogP contribution in [-0.2, 0) is 9.47 Å². The Kier molecular flexibility index (Phi) is 6.00. The molecule has 1 aliphatic rings. The summed E-state index contributed by atoms with van der Waals surface area (Å²) in [5.74, 6) is -0.257. The SMILES string of the molecule is CC/C=C/CC[C@@H]1O[C@H](C)C[C@@H]1OC(=O)c1ccccc1. The monoisotopic (exact) mass is 288 g/mol. The van der Waals surface area contributed by atoms with Gasteiger partial charge in [-0.2, -0.15) is 0 Å². The fourth-order valence-electron chi connectivity index (χ4n) is 2.62. The molecule has 3 nitrogen and oxygen atoms in total. The second-order valence-corrected chi connectivity index (χ2v) is 5.49. The summed E-state index contributed by atoms with van der Waals surface area (Å²) in [5, 5.41) is 0. The second kappa shape index (κ2) is 7.99. The van der Waals surface area contributed by atoms with Crippen molar-refractivity contribution < 1.29 is 14.3 Å². The van der Waals surface area contributed by atoms with Crippen LogP contribution in [0.25, 0.3) is 0 Å². The highest BCUT2D eigenvalue weighted by Gasteiger charge is 2.35. The molecule has 0 radical (unpaired) electrons. The van der Waals surface area contributed by atoms with Crippen molar-refractivity contribution >= 4 is 5.97 Å². The first-order valence-electron chi connectivity index (χ1n) is 7.77. The van der Waals surface area contributed by atoms with Crippen molar-refractivity contribution in [1.29, 1.82) is 0 Å². The van der Waals surface area contributed by atoms with E-state index in [2.05, 4.69) is 19.1 Å². The van der Waals surface area contributed by atoms with Gasteiger partial charge in [-0.05, 0) is 38.3 Å². The van der Waals surface area contributed by atoms with Crippen LogP contribution in [0.4, 0.5) is 0 Å². The molecule has 1 fully saturated rings. The van der Waals surface area contributed by atoms with E-state index in [1.54, 1.807) is 12.1 Å². The molecule has 3 atom stereocenters. The molecule has 21 heavy (non-hydrogen) atoms. The van der Waals surface area contributed by atoms with Gasteiger partial charge in [0.05, 0.1) is 17.8 Å². The van der Waals surface area contributed by atoms with Gasteiger partial charge in [0, 0.05) is 6.42 Å². The minimum atomic E-state index is -0.257. The molecule has 0 aromatic heterocycles. The normalized spacial score (nSPS) is 25.3. The first-order valence-corrected chi connectivity index (χ1v) is 7.77. The van der Waals surface area contributed by atoms with Crippen molar-refractivity contribution in [3.05, 3.63) is 48.0 Å². The van der Waals surface area contributed by atoms with E-state index >= 15 is 0 Å². The molecule has 0 bridgehead atoms. The van der Waals surface area contributed by atoms with Gasteiger partial charge in [0.15, 0.2) is 0 Å². The fraction of sp³-hybridized carbons (Fsp3) is 0.500. The Balaban J connectivity index is 1.90. The zero-order valence-electron chi connectivity index (χ0n) is 12.8. The summed E-state index contributed by atoms with van der Waals surface area (Å²) in [5.41, 5.74) is 0.599. The summed E-state index contributed by atoms with van der Waals surface area (Å²) >= 11 is 0. The molecule has 0 aliphatic carbocycles. The molecule has 1 heterocycles. The quantitative estimate of drug-likeness (QED) is 0.583. The van der Waals surface area contributed by atoms with Crippen LogP contribution in [0.2, 0.25) is 0 Å². The average Bonchev–Trinajstić information content (AvgIpc) is 2.84.